The highest BCUT2D eigenvalue weighted by Gasteiger charge is 2.23. The van der Waals surface area contributed by atoms with Gasteiger partial charge < -0.3 is 10.4 Å². The fourth-order valence-electron chi connectivity index (χ4n) is 4.60. The van der Waals surface area contributed by atoms with E-state index in [0.717, 1.165) is 24.3 Å². The van der Waals surface area contributed by atoms with Gasteiger partial charge in [-0.25, -0.2) is 12.6 Å². The van der Waals surface area contributed by atoms with Crippen molar-refractivity contribution in [3.63, 3.8) is 0 Å². The molecular weight excluding hydrogens is 823 g/mol. The van der Waals surface area contributed by atoms with Crippen molar-refractivity contribution in [1.82, 2.24) is 0 Å². The molecule has 0 atom stereocenters. The molecule has 0 spiro atoms. The van der Waals surface area contributed by atoms with Crippen LogP contribution in [0, 0.1) is 0 Å². The molecule has 5 aromatic carbocycles. The first-order chi connectivity index (χ1) is 25.1. The monoisotopic (exact) mass is 845 g/mol. The third kappa shape index (κ3) is 12.3. The lowest BCUT2D eigenvalue weighted by atomic mass is 10.1. The Morgan fingerprint density at radius 1 is 0.704 bits per heavy atom. The van der Waals surface area contributed by atoms with Gasteiger partial charge in [0.1, 0.15) is 16.3 Å². The number of phenolic OH excluding ortho intramolecular Hbond substituents is 1. The summed E-state index contributed by atoms with van der Waals surface area (Å²) >= 11 is 0. The smallest absolute Gasteiger partial charge is 0.425 e. The van der Waals surface area contributed by atoms with Crippen LogP contribution in [-0.2, 0) is 55.8 Å². The third-order valence-corrected chi connectivity index (χ3v) is 9.75. The number of anilines is 1. The van der Waals surface area contributed by atoms with E-state index in [1.54, 1.807) is 54.6 Å². The van der Waals surface area contributed by atoms with Gasteiger partial charge in [-0.2, -0.15) is 16.8 Å². The maximum Gasteiger partial charge on any atom is 0.425 e. The standard InChI is InChI=1S/C29H23N3O11S3.2O3S/c33-27-24(13-9-18-7-4-8-23(26(18)27)30-29(34)19-5-2-1-3-6-19)31-32-25-14-10-20-17-21(11-12-22(20)28(25)45(37,38)39)44(35,36)16-15-43-46(40,41)42;2*1-4(2)3/h1-14,17,33H,15-16H2,(H,30,34)(H,37,38,39)(H,40,41,42);;. The molecule has 5 aromatic rings. The molecule has 0 saturated heterocycles. The first kappa shape index (κ1) is 42.9. The Balaban J connectivity index is 0.000000892. The summed E-state index contributed by atoms with van der Waals surface area (Å²) in [4.78, 5) is 11.8. The van der Waals surface area contributed by atoms with Crippen molar-refractivity contribution in [1.29, 1.82) is 0 Å². The van der Waals surface area contributed by atoms with Gasteiger partial charge in [0.25, 0.3) is 16.0 Å². The Morgan fingerprint density at radius 2 is 1.28 bits per heavy atom. The molecule has 0 aliphatic carbocycles. The minimum Gasteiger partial charge on any atom is -0.505 e. The average Bonchev–Trinajstić information content (AvgIpc) is 3.06. The molecule has 286 valence electrons. The van der Waals surface area contributed by atoms with E-state index in [2.05, 4.69) is 19.7 Å². The lowest BCUT2D eigenvalue weighted by Crippen LogP contribution is -2.15. The van der Waals surface area contributed by atoms with E-state index in [-0.39, 0.29) is 43.9 Å². The minimum absolute atomic E-state index is 0.0655. The number of sulfone groups is 1. The number of nitrogens with one attached hydrogen (secondary N) is 1. The second-order valence-corrected chi connectivity index (χ2v) is 15.5. The Kier molecular flexibility index (Phi) is 14.3. The number of hydrogen-bond donors (Lipinski definition) is 4. The predicted octanol–water partition coefficient (Wildman–Crippen LogP) is 3.20. The second kappa shape index (κ2) is 18.0. The van der Waals surface area contributed by atoms with Crippen molar-refractivity contribution < 1.29 is 73.7 Å². The molecule has 1 amide bonds. The number of hydrogen-bond acceptors (Lipinski definition) is 17. The minimum atomic E-state index is -4.96. The number of fused-ring (bicyclic) bond motifs is 2. The normalized spacial score (nSPS) is 11.6. The van der Waals surface area contributed by atoms with Crippen molar-refractivity contribution in [2.75, 3.05) is 17.7 Å². The highest BCUT2D eigenvalue weighted by Crippen LogP contribution is 2.41. The molecule has 20 nitrogen and oxygen atoms in total. The van der Waals surface area contributed by atoms with Crippen molar-refractivity contribution in [2.45, 2.75) is 9.79 Å². The first-order valence-electron chi connectivity index (χ1n) is 14.1. The highest BCUT2D eigenvalue weighted by molar-refractivity contribution is 7.91. The summed E-state index contributed by atoms with van der Waals surface area (Å²) in [6, 6.07) is 22.2. The van der Waals surface area contributed by atoms with E-state index >= 15 is 0 Å². The van der Waals surface area contributed by atoms with Crippen LogP contribution in [0.3, 0.4) is 0 Å². The summed E-state index contributed by atoms with van der Waals surface area (Å²) in [5.74, 6) is -1.61. The van der Waals surface area contributed by atoms with Crippen LogP contribution in [-0.4, -0.2) is 83.0 Å². The number of azo groups is 1. The molecule has 0 aliphatic rings. The van der Waals surface area contributed by atoms with Crippen LogP contribution in [0.4, 0.5) is 17.1 Å². The average molecular weight is 846 g/mol. The summed E-state index contributed by atoms with van der Waals surface area (Å²) in [7, 11) is -20.2. The number of carbonyl (C=O) groups is 1. The molecular formula is C29H23N3O17S5. The third-order valence-electron chi connectivity index (χ3n) is 6.67. The van der Waals surface area contributed by atoms with Crippen LogP contribution in [0.5, 0.6) is 5.75 Å². The summed E-state index contributed by atoms with van der Waals surface area (Å²) in [5, 5.41) is 22.6. The highest BCUT2D eigenvalue weighted by atomic mass is 32.3. The van der Waals surface area contributed by atoms with Crippen molar-refractivity contribution in [3.8, 4) is 5.75 Å². The lowest BCUT2D eigenvalue weighted by Gasteiger charge is -2.12. The Labute approximate surface area is 308 Å². The Morgan fingerprint density at radius 3 is 1.87 bits per heavy atom. The SMILES string of the molecule is O=C(Nc1cccc2ccc(N=Nc3ccc4cc(S(=O)(=O)CCOS(=O)(=O)O)ccc4c3S(=O)(=O)O)c(O)c12)c1ccccc1.O=S(=O)=O.O=S(=O)=O. The fourth-order valence-corrected chi connectivity index (χ4v) is 6.96. The fraction of sp³-hybridized carbons (Fsp3) is 0.0690. The summed E-state index contributed by atoms with van der Waals surface area (Å²) in [6.45, 7) is -0.864. The molecule has 54 heavy (non-hydrogen) atoms. The summed E-state index contributed by atoms with van der Waals surface area (Å²) in [6.07, 6.45) is 0. The van der Waals surface area contributed by atoms with Gasteiger partial charge in [-0.05, 0) is 53.2 Å². The summed E-state index contributed by atoms with van der Waals surface area (Å²) in [5.41, 5.74) is 0.237. The van der Waals surface area contributed by atoms with Gasteiger partial charge in [-0.3, -0.25) is 13.9 Å². The zero-order chi connectivity index (χ0) is 40.4. The molecule has 0 unspecified atom stereocenters. The number of aromatic hydroxyl groups is 1. The topological polar surface area (TPSA) is 329 Å². The largest absolute Gasteiger partial charge is 0.505 e. The van der Waals surface area contributed by atoms with Gasteiger partial charge in [-0.1, -0.05) is 48.5 Å². The lowest BCUT2D eigenvalue weighted by molar-refractivity contribution is 0.102. The Hall–Kier alpha value is -5.54. The van der Waals surface area contributed by atoms with Gasteiger partial charge in [0.05, 0.1) is 22.9 Å². The molecule has 0 aliphatic heterocycles. The van der Waals surface area contributed by atoms with Crippen LogP contribution < -0.4 is 5.32 Å². The van der Waals surface area contributed by atoms with E-state index in [1.165, 1.54) is 12.1 Å². The molecule has 0 radical (unpaired) electrons. The van der Waals surface area contributed by atoms with E-state index in [4.69, 9.17) is 29.8 Å². The van der Waals surface area contributed by atoms with Gasteiger partial charge in [0, 0.05) is 16.3 Å². The van der Waals surface area contributed by atoms with Gasteiger partial charge in [-0.15, -0.1) is 35.5 Å². The predicted molar refractivity (Wildman–Crippen MR) is 187 cm³/mol. The van der Waals surface area contributed by atoms with E-state index in [1.807, 2.05) is 0 Å². The molecule has 0 heterocycles. The van der Waals surface area contributed by atoms with Crippen LogP contribution in [0.25, 0.3) is 21.5 Å². The van der Waals surface area contributed by atoms with E-state index < -0.39 is 74.7 Å². The van der Waals surface area contributed by atoms with Crippen molar-refractivity contribution in [3.05, 3.63) is 96.6 Å². The quantitative estimate of drug-likeness (QED) is 0.116. The number of phenols is 1. The van der Waals surface area contributed by atoms with Gasteiger partial charge in [0.15, 0.2) is 15.6 Å². The number of nitrogens with zero attached hydrogens (tertiary/aromatic N) is 2. The number of carbonyl (C=O) groups excluding carboxylic acids is 1. The van der Waals surface area contributed by atoms with Gasteiger partial charge >= 0.3 is 31.6 Å². The van der Waals surface area contributed by atoms with Crippen LogP contribution in [0.2, 0.25) is 0 Å². The summed E-state index contributed by atoms with van der Waals surface area (Å²) < 4.78 is 145. The zero-order valence-corrected chi connectivity index (χ0v) is 30.6. The van der Waals surface area contributed by atoms with E-state index in [9.17, 15) is 39.7 Å². The molecule has 0 aromatic heterocycles. The molecule has 0 bridgehead atoms. The second-order valence-electron chi connectivity index (χ2n) is 10.1. The van der Waals surface area contributed by atoms with E-state index in [0.29, 0.717) is 10.9 Å². The molecule has 5 rings (SSSR count). The maximum absolute atomic E-state index is 12.8. The number of rotatable bonds is 10. The number of amides is 1. The maximum atomic E-state index is 12.8. The zero-order valence-electron chi connectivity index (χ0n) is 26.6. The molecule has 0 saturated carbocycles. The molecule has 4 N–H and O–H groups in total. The first-order valence-corrected chi connectivity index (χ1v) is 20.5. The van der Waals surface area contributed by atoms with Crippen LogP contribution in [0.1, 0.15) is 10.4 Å². The van der Waals surface area contributed by atoms with Gasteiger partial charge in [0.2, 0.25) is 0 Å². The van der Waals surface area contributed by atoms with Crippen molar-refractivity contribution in [2.24, 2.45) is 10.2 Å². The van der Waals surface area contributed by atoms with Crippen LogP contribution in [0.15, 0.2) is 111 Å². The molecule has 0 fully saturated rings. The van der Waals surface area contributed by atoms with Crippen molar-refractivity contribution >= 4 is 96.1 Å². The Bertz CT molecular complexity index is 2790. The van der Waals surface area contributed by atoms with Crippen LogP contribution >= 0.6 is 0 Å². The number of benzene rings is 5. The molecule has 25 heteroatoms.